The topological polar surface area (TPSA) is 66.7 Å². The Balaban J connectivity index is 1.57. The predicted molar refractivity (Wildman–Crippen MR) is 101 cm³/mol. The maximum absolute atomic E-state index is 5.41. The van der Waals surface area contributed by atoms with Gasteiger partial charge in [-0.25, -0.2) is 4.98 Å². The van der Waals surface area contributed by atoms with Gasteiger partial charge in [-0.3, -0.25) is 4.98 Å². The Bertz CT molecular complexity index is 1190. The van der Waals surface area contributed by atoms with E-state index in [2.05, 4.69) is 51.5 Å². The van der Waals surface area contributed by atoms with Crippen LogP contribution in [0, 0.1) is 6.92 Å². The molecule has 0 aliphatic heterocycles. The monoisotopic (exact) mass is 346 g/mol. The summed E-state index contributed by atoms with van der Waals surface area (Å²) < 4.78 is 6.50. The van der Waals surface area contributed by atoms with E-state index in [1.54, 1.807) is 17.5 Å². The fraction of sp³-hybridized carbons (Fsp3) is 0.0526. The van der Waals surface area contributed by atoms with Crippen molar-refractivity contribution in [1.82, 2.24) is 15.0 Å². The fourth-order valence-corrected chi connectivity index (χ4v) is 4.04. The predicted octanol–water partition coefficient (Wildman–Crippen LogP) is 5.48. The van der Waals surface area contributed by atoms with Crippen LogP contribution in [0.4, 0.5) is 11.4 Å². The zero-order chi connectivity index (χ0) is 16.8. The molecule has 0 fully saturated rings. The molecule has 4 aromatic heterocycles. The fourth-order valence-electron chi connectivity index (χ4n) is 3.01. The molecule has 5 rings (SSSR count). The summed E-state index contributed by atoms with van der Waals surface area (Å²) in [4.78, 5) is 12.8. The molecule has 0 atom stereocenters. The Kier molecular flexibility index (Phi) is 3.11. The summed E-state index contributed by atoms with van der Waals surface area (Å²) in [6.07, 6.45) is 4.99. The molecule has 0 unspecified atom stereocenters. The first-order valence-corrected chi connectivity index (χ1v) is 8.72. The number of rotatable bonds is 3. The van der Waals surface area contributed by atoms with Gasteiger partial charge in [0.05, 0.1) is 27.0 Å². The molecule has 1 aromatic carbocycles. The molecule has 0 amide bonds. The van der Waals surface area contributed by atoms with E-state index in [1.165, 1.54) is 11.8 Å². The molecule has 5 nitrogen and oxygen atoms in total. The minimum atomic E-state index is 0.762. The highest BCUT2D eigenvalue weighted by Gasteiger charge is 2.11. The highest BCUT2D eigenvalue weighted by Crippen LogP contribution is 2.37. The lowest BCUT2D eigenvalue weighted by atomic mass is 10.2. The SMILES string of the molecule is Cc1cc2cc(Nc3ccnc4cc(-c5cnco5)sc34)ccc2[nH]1. The number of hydrogen-bond donors (Lipinski definition) is 2. The zero-order valence-corrected chi connectivity index (χ0v) is 14.2. The van der Waals surface area contributed by atoms with Crippen LogP contribution in [0.15, 0.2) is 59.6 Å². The van der Waals surface area contributed by atoms with E-state index < -0.39 is 0 Å². The summed E-state index contributed by atoms with van der Waals surface area (Å²) in [5.41, 5.74) is 5.33. The lowest BCUT2D eigenvalue weighted by Gasteiger charge is -2.07. The molecule has 2 N–H and O–H groups in total. The first-order valence-electron chi connectivity index (χ1n) is 7.90. The van der Waals surface area contributed by atoms with Gasteiger partial charge in [-0.05, 0) is 43.3 Å². The number of oxazole rings is 1. The average Bonchev–Trinajstić information content (AvgIpc) is 3.32. The normalized spacial score (nSPS) is 11.4. The molecule has 0 aliphatic rings. The van der Waals surface area contributed by atoms with Gasteiger partial charge < -0.3 is 14.7 Å². The van der Waals surface area contributed by atoms with Gasteiger partial charge in [0.25, 0.3) is 0 Å². The van der Waals surface area contributed by atoms with Gasteiger partial charge in [-0.2, -0.15) is 0 Å². The second-order valence-corrected chi connectivity index (χ2v) is 6.98. The molecule has 25 heavy (non-hydrogen) atoms. The maximum atomic E-state index is 5.41. The molecular formula is C19H14N4OS. The molecule has 0 radical (unpaired) electrons. The highest BCUT2D eigenvalue weighted by atomic mass is 32.1. The minimum absolute atomic E-state index is 0.762. The van der Waals surface area contributed by atoms with Crippen molar-refractivity contribution in [1.29, 1.82) is 0 Å². The molecule has 122 valence electrons. The lowest BCUT2D eigenvalue weighted by Crippen LogP contribution is -1.90. The third-order valence-corrected chi connectivity index (χ3v) is 5.29. The van der Waals surface area contributed by atoms with Gasteiger partial charge in [0, 0.05) is 28.5 Å². The molecule has 0 spiro atoms. The van der Waals surface area contributed by atoms with Crippen LogP contribution in [0.2, 0.25) is 0 Å². The van der Waals surface area contributed by atoms with E-state index in [1.807, 2.05) is 18.3 Å². The van der Waals surface area contributed by atoms with Crippen LogP contribution >= 0.6 is 11.3 Å². The summed E-state index contributed by atoms with van der Waals surface area (Å²) in [6, 6.07) is 12.5. The van der Waals surface area contributed by atoms with Gasteiger partial charge in [0.1, 0.15) is 0 Å². The number of pyridine rings is 1. The summed E-state index contributed by atoms with van der Waals surface area (Å²) in [5, 5.41) is 4.71. The number of benzene rings is 1. The Hall–Kier alpha value is -3.12. The first-order chi connectivity index (χ1) is 12.3. The van der Waals surface area contributed by atoms with Crippen molar-refractivity contribution in [2.24, 2.45) is 0 Å². The molecule has 0 saturated heterocycles. The van der Waals surface area contributed by atoms with Crippen LogP contribution in [0.3, 0.4) is 0 Å². The number of hydrogen-bond acceptors (Lipinski definition) is 5. The van der Waals surface area contributed by atoms with Crippen LogP contribution in [0.25, 0.3) is 31.8 Å². The van der Waals surface area contributed by atoms with E-state index in [9.17, 15) is 0 Å². The number of thiophene rings is 1. The number of H-pyrrole nitrogens is 1. The molecule has 4 heterocycles. The molecule has 5 aromatic rings. The number of anilines is 2. The van der Waals surface area contributed by atoms with E-state index >= 15 is 0 Å². The van der Waals surface area contributed by atoms with Crippen molar-refractivity contribution < 1.29 is 4.42 Å². The van der Waals surface area contributed by atoms with Crippen molar-refractivity contribution in [3.63, 3.8) is 0 Å². The van der Waals surface area contributed by atoms with Crippen molar-refractivity contribution in [2.75, 3.05) is 5.32 Å². The van der Waals surface area contributed by atoms with Gasteiger partial charge in [0.15, 0.2) is 12.2 Å². The Morgan fingerprint density at radius 1 is 1.16 bits per heavy atom. The third kappa shape index (κ3) is 2.47. The van der Waals surface area contributed by atoms with Crippen LogP contribution in [-0.2, 0) is 0 Å². The Morgan fingerprint density at radius 3 is 3.00 bits per heavy atom. The third-order valence-electron chi connectivity index (χ3n) is 4.12. The number of aromatic nitrogens is 3. The molecule has 0 aliphatic carbocycles. The minimum Gasteiger partial charge on any atom is -0.443 e. The van der Waals surface area contributed by atoms with Crippen molar-refractivity contribution in [3.8, 4) is 10.6 Å². The van der Waals surface area contributed by atoms with Crippen LogP contribution in [0.1, 0.15) is 5.69 Å². The number of fused-ring (bicyclic) bond motifs is 2. The quantitative estimate of drug-likeness (QED) is 0.454. The van der Waals surface area contributed by atoms with E-state index in [0.29, 0.717) is 0 Å². The van der Waals surface area contributed by atoms with E-state index in [0.717, 1.165) is 43.4 Å². The van der Waals surface area contributed by atoms with Crippen molar-refractivity contribution in [3.05, 3.63) is 60.9 Å². The average molecular weight is 346 g/mol. The largest absolute Gasteiger partial charge is 0.443 e. The summed E-state index contributed by atoms with van der Waals surface area (Å²) in [6.45, 7) is 2.07. The van der Waals surface area contributed by atoms with Crippen molar-refractivity contribution in [2.45, 2.75) is 6.92 Å². The summed E-state index contributed by atoms with van der Waals surface area (Å²) in [5.74, 6) is 0.762. The van der Waals surface area contributed by atoms with Gasteiger partial charge in [-0.15, -0.1) is 11.3 Å². The second kappa shape index (κ2) is 5.46. The van der Waals surface area contributed by atoms with E-state index in [4.69, 9.17) is 4.42 Å². The van der Waals surface area contributed by atoms with E-state index in [-0.39, 0.29) is 0 Å². The standard InChI is InChI=1S/C19H14N4OS/c1-11-6-12-7-13(2-3-14(12)22-11)23-15-4-5-21-16-8-18(25-19(15)16)17-9-20-10-24-17/h2-10,22H,1H3,(H,21,23). The molecular weight excluding hydrogens is 332 g/mol. The number of nitrogens with one attached hydrogen (secondary N) is 2. The maximum Gasteiger partial charge on any atom is 0.181 e. The van der Waals surface area contributed by atoms with Crippen LogP contribution in [0.5, 0.6) is 0 Å². The van der Waals surface area contributed by atoms with Crippen molar-refractivity contribution >= 4 is 43.8 Å². The van der Waals surface area contributed by atoms with Gasteiger partial charge in [0.2, 0.25) is 0 Å². The Morgan fingerprint density at radius 2 is 2.12 bits per heavy atom. The molecule has 0 saturated carbocycles. The zero-order valence-electron chi connectivity index (χ0n) is 13.4. The summed E-state index contributed by atoms with van der Waals surface area (Å²) >= 11 is 1.64. The Labute approximate surface area is 147 Å². The highest BCUT2D eigenvalue weighted by molar-refractivity contribution is 7.22. The number of nitrogens with zero attached hydrogens (tertiary/aromatic N) is 2. The molecule has 0 bridgehead atoms. The smallest absolute Gasteiger partial charge is 0.181 e. The van der Waals surface area contributed by atoms with Gasteiger partial charge >= 0.3 is 0 Å². The number of aryl methyl sites for hydroxylation is 1. The first kappa shape index (κ1) is 14.2. The lowest BCUT2D eigenvalue weighted by molar-refractivity contribution is 0.573. The number of aromatic amines is 1. The summed E-state index contributed by atoms with van der Waals surface area (Å²) in [7, 11) is 0. The van der Waals surface area contributed by atoms with Crippen LogP contribution in [-0.4, -0.2) is 15.0 Å². The second-order valence-electron chi connectivity index (χ2n) is 5.93. The van der Waals surface area contributed by atoms with Gasteiger partial charge in [-0.1, -0.05) is 0 Å². The van der Waals surface area contributed by atoms with Crippen LogP contribution < -0.4 is 5.32 Å². The molecule has 6 heteroatoms.